The van der Waals surface area contributed by atoms with Crippen LogP contribution in [0.1, 0.15) is 17.4 Å². The molecule has 0 aliphatic rings. The van der Waals surface area contributed by atoms with Crippen LogP contribution in [0.15, 0.2) is 60.0 Å². The van der Waals surface area contributed by atoms with Crippen LogP contribution in [0.3, 0.4) is 0 Å². The van der Waals surface area contributed by atoms with E-state index in [2.05, 4.69) is 10.3 Å². The first kappa shape index (κ1) is 21.3. The van der Waals surface area contributed by atoms with E-state index in [0.717, 1.165) is 16.3 Å². The Labute approximate surface area is 178 Å². The van der Waals surface area contributed by atoms with Gasteiger partial charge in [0, 0.05) is 10.9 Å². The summed E-state index contributed by atoms with van der Waals surface area (Å²) >= 11 is 1.35. The van der Waals surface area contributed by atoms with Gasteiger partial charge in [-0.1, -0.05) is 30.3 Å². The third-order valence-corrected chi connectivity index (χ3v) is 4.79. The summed E-state index contributed by atoms with van der Waals surface area (Å²) < 4.78 is 15.9. The van der Waals surface area contributed by atoms with Crippen molar-refractivity contribution in [1.29, 1.82) is 0 Å². The lowest BCUT2D eigenvalue weighted by atomic mass is 10.2. The number of thiazole rings is 1. The maximum absolute atomic E-state index is 12.1. The summed E-state index contributed by atoms with van der Waals surface area (Å²) in [5, 5.41) is 4.98. The Kier molecular flexibility index (Phi) is 7.79. The Morgan fingerprint density at radius 1 is 1.00 bits per heavy atom. The minimum Gasteiger partial charge on any atom is -0.494 e. The van der Waals surface area contributed by atoms with E-state index >= 15 is 0 Å². The van der Waals surface area contributed by atoms with Crippen molar-refractivity contribution in [2.24, 2.45) is 0 Å². The maximum atomic E-state index is 12.1. The van der Waals surface area contributed by atoms with Crippen LogP contribution in [-0.2, 0) is 9.53 Å². The summed E-state index contributed by atoms with van der Waals surface area (Å²) in [5.41, 5.74) is 1.11. The highest BCUT2D eigenvalue weighted by molar-refractivity contribution is 7.13. The zero-order valence-electron chi connectivity index (χ0n) is 16.5. The molecule has 7 nitrogen and oxygen atoms in total. The van der Waals surface area contributed by atoms with E-state index < -0.39 is 11.9 Å². The van der Waals surface area contributed by atoms with E-state index in [4.69, 9.17) is 14.2 Å². The Balaban J connectivity index is 1.35. The lowest BCUT2D eigenvalue weighted by Crippen LogP contribution is -2.32. The van der Waals surface area contributed by atoms with E-state index in [0.29, 0.717) is 25.5 Å². The molecule has 0 radical (unpaired) electrons. The SMILES string of the molecule is CCOc1ccc(OCCNC(=O)COC(=O)c2csc(-c3ccccc3)n2)cc1. The molecule has 0 atom stereocenters. The summed E-state index contributed by atoms with van der Waals surface area (Å²) in [6, 6.07) is 16.8. The van der Waals surface area contributed by atoms with Gasteiger partial charge in [0.05, 0.1) is 13.2 Å². The molecule has 0 fully saturated rings. The van der Waals surface area contributed by atoms with Crippen LogP contribution in [0.5, 0.6) is 11.5 Å². The average Bonchev–Trinajstić information content (AvgIpc) is 3.27. The number of hydrogen-bond donors (Lipinski definition) is 1. The Bertz CT molecular complexity index is 957. The predicted octanol–water partition coefficient (Wildman–Crippen LogP) is 3.56. The molecule has 1 N–H and O–H groups in total. The fraction of sp³-hybridized carbons (Fsp3) is 0.227. The molecule has 8 heteroatoms. The van der Waals surface area contributed by atoms with Gasteiger partial charge in [-0.05, 0) is 31.2 Å². The third kappa shape index (κ3) is 6.31. The number of amides is 1. The topological polar surface area (TPSA) is 86.8 Å². The van der Waals surface area contributed by atoms with Gasteiger partial charge < -0.3 is 19.5 Å². The average molecular weight is 426 g/mol. The van der Waals surface area contributed by atoms with Crippen LogP contribution >= 0.6 is 11.3 Å². The largest absolute Gasteiger partial charge is 0.494 e. The highest BCUT2D eigenvalue weighted by Crippen LogP contribution is 2.23. The molecule has 0 saturated carbocycles. The second-order valence-electron chi connectivity index (χ2n) is 6.08. The second kappa shape index (κ2) is 11.0. The van der Waals surface area contributed by atoms with E-state index in [9.17, 15) is 9.59 Å². The molecule has 0 saturated heterocycles. The molecule has 3 rings (SSSR count). The van der Waals surface area contributed by atoms with Crippen LogP contribution < -0.4 is 14.8 Å². The fourth-order valence-corrected chi connectivity index (χ4v) is 3.29. The second-order valence-corrected chi connectivity index (χ2v) is 6.94. The molecular formula is C22H22N2O5S. The number of nitrogens with zero attached hydrogens (tertiary/aromatic N) is 1. The molecule has 0 aliphatic carbocycles. The number of rotatable bonds is 10. The normalized spacial score (nSPS) is 10.3. The van der Waals surface area contributed by atoms with Crippen molar-refractivity contribution in [3.05, 3.63) is 65.7 Å². The van der Waals surface area contributed by atoms with Gasteiger partial charge in [-0.15, -0.1) is 11.3 Å². The van der Waals surface area contributed by atoms with E-state index in [1.165, 1.54) is 11.3 Å². The fourth-order valence-electron chi connectivity index (χ4n) is 2.49. The van der Waals surface area contributed by atoms with Gasteiger partial charge >= 0.3 is 5.97 Å². The number of carbonyl (C=O) groups is 2. The number of aromatic nitrogens is 1. The van der Waals surface area contributed by atoms with Crippen LogP contribution in [0, 0.1) is 0 Å². The molecule has 0 aliphatic heterocycles. The van der Waals surface area contributed by atoms with Crippen molar-refractivity contribution >= 4 is 23.2 Å². The van der Waals surface area contributed by atoms with Crippen LogP contribution in [0.25, 0.3) is 10.6 Å². The van der Waals surface area contributed by atoms with Gasteiger partial charge in [-0.3, -0.25) is 4.79 Å². The van der Waals surface area contributed by atoms with E-state index in [-0.39, 0.29) is 12.3 Å². The van der Waals surface area contributed by atoms with Gasteiger partial charge in [-0.2, -0.15) is 0 Å². The zero-order chi connectivity index (χ0) is 21.2. The molecule has 3 aromatic rings. The molecular weight excluding hydrogens is 404 g/mol. The van der Waals surface area contributed by atoms with Gasteiger partial charge in [0.1, 0.15) is 23.1 Å². The molecule has 0 spiro atoms. The first-order chi connectivity index (χ1) is 14.7. The molecule has 1 heterocycles. The summed E-state index contributed by atoms with van der Waals surface area (Å²) in [7, 11) is 0. The van der Waals surface area contributed by atoms with Crippen LogP contribution in [-0.4, -0.2) is 43.2 Å². The number of carbonyl (C=O) groups excluding carboxylic acids is 2. The van der Waals surface area contributed by atoms with Crippen molar-refractivity contribution < 1.29 is 23.8 Å². The minimum absolute atomic E-state index is 0.186. The lowest BCUT2D eigenvalue weighted by Gasteiger charge is -2.09. The smallest absolute Gasteiger partial charge is 0.358 e. The van der Waals surface area contributed by atoms with Crippen LogP contribution in [0.4, 0.5) is 0 Å². The van der Waals surface area contributed by atoms with Crippen molar-refractivity contribution in [2.45, 2.75) is 6.92 Å². The Hall–Kier alpha value is -3.39. The Morgan fingerprint density at radius 3 is 2.40 bits per heavy atom. The van der Waals surface area contributed by atoms with Gasteiger partial charge in [0.15, 0.2) is 12.3 Å². The summed E-state index contributed by atoms with van der Waals surface area (Å²) in [6.07, 6.45) is 0. The summed E-state index contributed by atoms with van der Waals surface area (Å²) in [6.45, 7) is 2.73. The van der Waals surface area contributed by atoms with Gasteiger partial charge in [0.2, 0.25) is 0 Å². The van der Waals surface area contributed by atoms with E-state index in [1.54, 1.807) is 17.5 Å². The first-order valence-corrected chi connectivity index (χ1v) is 10.3. The molecule has 30 heavy (non-hydrogen) atoms. The number of esters is 1. The highest BCUT2D eigenvalue weighted by Gasteiger charge is 2.14. The van der Waals surface area contributed by atoms with E-state index in [1.807, 2.05) is 49.4 Å². The zero-order valence-corrected chi connectivity index (χ0v) is 17.3. The van der Waals surface area contributed by atoms with Crippen molar-refractivity contribution in [1.82, 2.24) is 10.3 Å². The monoisotopic (exact) mass is 426 g/mol. The minimum atomic E-state index is -0.630. The standard InChI is InChI=1S/C22H22N2O5S/c1-2-27-17-8-10-18(11-9-17)28-13-12-23-20(25)14-29-22(26)19-15-30-21(24-19)16-6-4-3-5-7-16/h3-11,15H,2,12-14H2,1H3,(H,23,25). The third-order valence-electron chi connectivity index (χ3n) is 3.90. The predicted molar refractivity (Wildman–Crippen MR) is 114 cm³/mol. The number of benzene rings is 2. The molecule has 2 aromatic carbocycles. The summed E-state index contributed by atoms with van der Waals surface area (Å²) in [4.78, 5) is 28.2. The van der Waals surface area contributed by atoms with Crippen LogP contribution in [0.2, 0.25) is 0 Å². The molecule has 0 unspecified atom stereocenters. The molecule has 1 aromatic heterocycles. The lowest BCUT2D eigenvalue weighted by molar-refractivity contribution is -0.124. The molecule has 156 valence electrons. The van der Waals surface area contributed by atoms with Crippen molar-refractivity contribution in [2.75, 3.05) is 26.4 Å². The van der Waals surface area contributed by atoms with Crippen molar-refractivity contribution in [3.63, 3.8) is 0 Å². The Morgan fingerprint density at radius 2 is 1.70 bits per heavy atom. The number of hydrogen-bond acceptors (Lipinski definition) is 7. The number of ether oxygens (including phenoxy) is 3. The van der Waals surface area contributed by atoms with Gasteiger partial charge in [0.25, 0.3) is 5.91 Å². The first-order valence-electron chi connectivity index (χ1n) is 9.46. The quantitative estimate of drug-likeness (QED) is 0.394. The molecule has 1 amide bonds. The highest BCUT2D eigenvalue weighted by atomic mass is 32.1. The van der Waals surface area contributed by atoms with Crippen molar-refractivity contribution in [3.8, 4) is 22.1 Å². The van der Waals surface area contributed by atoms with Gasteiger partial charge in [-0.25, -0.2) is 9.78 Å². The summed E-state index contributed by atoms with van der Waals surface area (Å²) in [5.74, 6) is 0.416. The maximum Gasteiger partial charge on any atom is 0.358 e. The number of nitrogens with one attached hydrogen (secondary N) is 1. The molecule has 0 bridgehead atoms.